The van der Waals surface area contributed by atoms with Crippen LogP contribution in [0.5, 0.6) is 0 Å². The molecular formula is C10H22N2O2. The van der Waals surface area contributed by atoms with Crippen molar-refractivity contribution < 1.29 is 9.47 Å². The second-order valence-corrected chi connectivity index (χ2v) is 3.77. The minimum Gasteiger partial charge on any atom is -0.385 e. The first kappa shape index (κ1) is 11.9. The molecule has 0 aromatic rings. The Morgan fingerprint density at radius 3 is 1.50 bits per heavy atom. The third-order valence-corrected chi connectivity index (χ3v) is 2.33. The first-order valence-corrected chi connectivity index (χ1v) is 5.31. The van der Waals surface area contributed by atoms with Crippen molar-refractivity contribution in [2.45, 2.75) is 24.9 Å². The smallest absolute Gasteiger partial charge is 0.0477 e. The summed E-state index contributed by atoms with van der Waals surface area (Å²) < 4.78 is 9.71. The van der Waals surface area contributed by atoms with E-state index in [1.54, 1.807) is 14.2 Å². The van der Waals surface area contributed by atoms with E-state index in [-0.39, 0.29) is 0 Å². The molecule has 0 aromatic heterocycles. The minimum atomic E-state index is 0.778. The molecule has 0 aromatic carbocycles. The molecule has 0 saturated carbocycles. The Morgan fingerprint density at radius 2 is 1.29 bits per heavy atom. The molecular weight excluding hydrogens is 180 g/mol. The van der Waals surface area contributed by atoms with E-state index in [2.05, 4.69) is 10.6 Å². The Hall–Kier alpha value is -0.160. The summed E-state index contributed by atoms with van der Waals surface area (Å²) in [5.74, 6) is 0. The van der Waals surface area contributed by atoms with Gasteiger partial charge in [0.15, 0.2) is 0 Å². The van der Waals surface area contributed by atoms with E-state index in [0.717, 1.165) is 25.3 Å². The van der Waals surface area contributed by atoms with Gasteiger partial charge in [0.1, 0.15) is 0 Å². The summed E-state index contributed by atoms with van der Waals surface area (Å²) >= 11 is 0. The molecule has 14 heavy (non-hydrogen) atoms. The lowest BCUT2D eigenvalue weighted by Crippen LogP contribution is -1.96. The van der Waals surface area contributed by atoms with Gasteiger partial charge in [0.05, 0.1) is 0 Å². The lowest BCUT2D eigenvalue weighted by atomic mass is 10.3. The summed E-state index contributed by atoms with van der Waals surface area (Å²) in [6.45, 7) is 4.20. The molecule has 0 amide bonds. The summed E-state index contributed by atoms with van der Waals surface area (Å²) in [5.41, 5.74) is 0. The van der Waals surface area contributed by atoms with Crippen molar-refractivity contribution in [3.8, 4) is 0 Å². The van der Waals surface area contributed by atoms with Gasteiger partial charge in [-0.3, -0.25) is 0 Å². The number of ether oxygens (including phenoxy) is 2. The second-order valence-electron chi connectivity index (χ2n) is 3.77. The van der Waals surface area contributed by atoms with Crippen LogP contribution in [0.2, 0.25) is 0 Å². The quantitative estimate of drug-likeness (QED) is 0.595. The number of hydrogen-bond acceptors (Lipinski definition) is 4. The molecule has 0 bridgehead atoms. The van der Waals surface area contributed by atoms with E-state index in [4.69, 9.17) is 9.47 Å². The first-order valence-electron chi connectivity index (χ1n) is 5.31. The number of rotatable bonds is 6. The molecule has 4 nitrogen and oxygen atoms in total. The SMILES string of the molecule is COCCC1CN1.COCCC1CN1. The molecule has 2 aliphatic rings. The standard InChI is InChI=1S/2C5H11NO/c2*1-7-3-2-5-4-6-5/h2*5-6H,2-4H2,1H3. The highest BCUT2D eigenvalue weighted by atomic mass is 16.5. The van der Waals surface area contributed by atoms with Gasteiger partial charge in [-0.15, -0.1) is 0 Å². The highest BCUT2D eigenvalue weighted by molar-refractivity contribution is 4.82. The van der Waals surface area contributed by atoms with Crippen molar-refractivity contribution in [2.75, 3.05) is 40.5 Å². The zero-order valence-electron chi connectivity index (χ0n) is 9.21. The van der Waals surface area contributed by atoms with Crippen LogP contribution in [0, 0.1) is 0 Å². The predicted octanol–water partition coefficient (Wildman–Crippen LogP) is -0.0106. The molecule has 2 fully saturated rings. The van der Waals surface area contributed by atoms with Crippen LogP contribution in [0.3, 0.4) is 0 Å². The van der Waals surface area contributed by atoms with Gasteiger partial charge >= 0.3 is 0 Å². The third-order valence-electron chi connectivity index (χ3n) is 2.33. The Labute approximate surface area is 86.3 Å². The van der Waals surface area contributed by atoms with Crippen LogP contribution in [0.15, 0.2) is 0 Å². The van der Waals surface area contributed by atoms with Gasteiger partial charge in [0, 0.05) is 52.6 Å². The molecule has 84 valence electrons. The van der Waals surface area contributed by atoms with Crippen LogP contribution >= 0.6 is 0 Å². The first-order chi connectivity index (χ1) is 6.86. The number of nitrogens with one attached hydrogen (secondary N) is 2. The maximum atomic E-state index is 4.85. The van der Waals surface area contributed by atoms with Crippen molar-refractivity contribution in [3.63, 3.8) is 0 Å². The molecule has 2 heterocycles. The van der Waals surface area contributed by atoms with Crippen molar-refractivity contribution in [2.24, 2.45) is 0 Å². The summed E-state index contributed by atoms with van der Waals surface area (Å²) in [5, 5.41) is 6.38. The Morgan fingerprint density at radius 1 is 0.929 bits per heavy atom. The molecule has 2 aliphatic heterocycles. The maximum absolute atomic E-state index is 4.85. The van der Waals surface area contributed by atoms with Crippen LogP contribution < -0.4 is 10.6 Å². The largest absolute Gasteiger partial charge is 0.385 e. The fourth-order valence-electron chi connectivity index (χ4n) is 1.10. The van der Waals surface area contributed by atoms with E-state index >= 15 is 0 Å². The van der Waals surface area contributed by atoms with E-state index in [1.807, 2.05) is 0 Å². The van der Waals surface area contributed by atoms with Gasteiger partial charge in [-0.2, -0.15) is 0 Å². The monoisotopic (exact) mass is 202 g/mol. The fraction of sp³-hybridized carbons (Fsp3) is 1.00. The van der Waals surface area contributed by atoms with E-state index < -0.39 is 0 Å². The molecule has 2 rings (SSSR count). The Balaban J connectivity index is 0.000000140. The van der Waals surface area contributed by atoms with Gasteiger partial charge in [0.2, 0.25) is 0 Å². The van der Waals surface area contributed by atoms with Crippen molar-refractivity contribution in [3.05, 3.63) is 0 Å². The number of methoxy groups -OCH3 is 2. The highest BCUT2D eigenvalue weighted by Crippen LogP contribution is 2.01. The third kappa shape index (κ3) is 7.26. The molecule has 2 saturated heterocycles. The van der Waals surface area contributed by atoms with Crippen LogP contribution in [0.4, 0.5) is 0 Å². The number of hydrogen-bond donors (Lipinski definition) is 2. The Bertz CT molecular complexity index is 120. The highest BCUT2D eigenvalue weighted by Gasteiger charge is 2.18. The van der Waals surface area contributed by atoms with Crippen molar-refractivity contribution in [1.29, 1.82) is 0 Å². The average molecular weight is 202 g/mol. The van der Waals surface area contributed by atoms with Crippen LogP contribution in [0.25, 0.3) is 0 Å². The van der Waals surface area contributed by atoms with Gasteiger partial charge in [-0.05, 0) is 12.8 Å². The van der Waals surface area contributed by atoms with Gasteiger partial charge in [-0.25, -0.2) is 0 Å². The van der Waals surface area contributed by atoms with Crippen molar-refractivity contribution >= 4 is 0 Å². The minimum absolute atomic E-state index is 0.778. The lowest BCUT2D eigenvalue weighted by molar-refractivity contribution is 0.194. The van der Waals surface area contributed by atoms with Gasteiger partial charge in [-0.1, -0.05) is 0 Å². The van der Waals surface area contributed by atoms with Crippen LogP contribution in [-0.2, 0) is 9.47 Å². The van der Waals surface area contributed by atoms with Crippen LogP contribution in [0.1, 0.15) is 12.8 Å². The summed E-state index contributed by atoms with van der Waals surface area (Å²) in [6.07, 6.45) is 2.35. The van der Waals surface area contributed by atoms with Gasteiger partial charge in [0.25, 0.3) is 0 Å². The average Bonchev–Trinajstić information content (AvgIpc) is 3.04. The summed E-state index contributed by atoms with van der Waals surface area (Å²) in [4.78, 5) is 0. The molecule has 2 atom stereocenters. The molecule has 0 radical (unpaired) electrons. The normalized spacial score (nSPS) is 27.9. The maximum Gasteiger partial charge on any atom is 0.0477 e. The summed E-state index contributed by atoms with van der Waals surface area (Å²) in [7, 11) is 3.48. The van der Waals surface area contributed by atoms with E-state index in [9.17, 15) is 0 Å². The molecule has 0 aliphatic carbocycles. The second kappa shape index (κ2) is 7.17. The predicted molar refractivity (Wildman–Crippen MR) is 56.6 cm³/mol. The molecule has 4 heteroatoms. The molecule has 2 unspecified atom stereocenters. The molecule has 2 N–H and O–H groups in total. The van der Waals surface area contributed by atoms with Gasteiger partial charge < -0.3 is 20.1 Å². The fourth-order valence-corrected chi connectivity index (χ4v) is 1.10. The van der Waals surface area contributed by atoms with Crippen LogP contribution in [-0.4, -0.2) is 52.6 Å². The summed E-state index contributed by atoms with van der Waals surface area (Å²) in [6, 6.07) is 1.56. The van der Waals surface area contributed by atoms with E-state index in [0.29, 0.717) is 0 Å². The topological polar surface area (TPSA) is 62.3 Å². The molecule has 0 spiro atoms. The zero-order valence-corrected chi connectivity index (χ0v) is 9.21. The van der Waals surface area contributed by atoms with E-state index in [1.165, 1.54) is 25.9 Å². The Kier molecular flexibility index (Phi) is 6.10. The zero-order chi connectivity index (χ0) is 10.2. The lowest BCUT2D eigenvalue weighted by Gasteiger charge is -1.90. The van der Waals surface area contributed by atoms with Crippen molar-refractivity contribution in [1.82, 2.24) is 10.6 Å².